The van der Waals surface area contributed by atoms with Crippen molar-refractivity contribution in [2.24, 2.45) is 5.92 Å². The highest BCUT2D eigenvalue weighted by atomic mass is 79.9. The molecule has 0 aromatic heterocycles. The van der Waals surface area contributed by atoms with E-state index in [1.807, 2.05) is 6.92 Å². The lowest BCUT2D eigenvalue weighted by Gasteiger charge is -2.33. The minimum atomic E-state index is -4.00. The van der Waals surface area contributed by atoms with Crippen LogP contribution in [0, 0.1) is 11.7 Å². The van der Waals surface area contributed by atoms with E-state index in [4.69, 9.17) is 0 Å². The summed E-state index contributed by atoms with van der Waals surface area (Å²) in [4.78, 5) is 15.3. The van der Waals surface area contributed by atoms with Gasteiger partial charge in [-0.25, -0.2) is 12.8 Å². The summed E-state index contributed by atoms with van der Waals surface area (Å²) >= 11 is 4.76. The van der Waals surface area contributed by atoms with Gasteiger partial charge in [-0.15, -0.1) is 11.8 Å². The van der Waals surface area contributed by atoms with Crippen LogP contribution in [0.4, 0.5) is 15.8 Å². The van der Waals surface area contributed by atoms with Crippen molar-refractivity contribution in [3.05, 3.63) is 46.7 Å². The number of nitrogens with zero attached hydrogens (tertiary/aromatic N) is 1. The summed E-state index contributed by atoms with van der Waals surface area (Å²) in [6.07, 6.45) is 1.77. The Labute approximate surface area is 175 Å². The molecule has 1 aliphatic carbocycles. The monoisotopic (exact) mass is 484 g/mol. The molecule has 9 heteroatoms. The molecule has 1 atom stereocenters. The van der Waals surface area contributed by atoms with Crippen molar-refractivity contribution in [2.45, 2.75) is 34.8 Å². The third-order valence-corrected chi connectivity index (χ3v) is 7.67. The molecule has 1 saturated carbocycles. The van der Waals surface area contributed by atoms with Gasteiger partial charge >= 0.3 is 0 Å². The highest BCUT2D eigenvalue weighted by molar-refractivity contribution is 9.10. The van der Waals surface area contributed by atoms with Gasteiger partial charge in [0.2, 0.25) is 5.91 Å². The lowest BCUT2D eigenvalue weighted by Crippen LogP contribution is -2.39. The van der Waals surface area contributed by atoms with Gasteiger partial charge in [-0.1, -0.05) is 22.9 Å². The molecule has 0 bridgehead atoms. The molecule has 28 heavy (non-hydrogen) atoms. The molecule has 4 rings (SSSR count). The predicted molar refractivity (Wildman–Crippen MR) is 112 cm³/mol. The largest absolute Gasteiger partial charge is 0.310 e. The molecule has 0 unspecified atom stereocenters. The zero-order chi connectivity index (χ0) is 20.1. The van der Waals surface area contributed by atoms with E-state index in [0.29, 0.717) is 16.7 Å². The molecule has 1 aliphatic heterocycles. The Morgan fingerprint density at radius 1 is 1.25 bits per heavy atom. The van der Waals surface area contributed by atoms with Gasteiger partial charge in [-0.05, 0) is 49.2 Å². The third kappa shape index (κ3) is 3.92. The van der Waals surface area contributed by atoms with Crippen molar-refractivity contribution < 1.29 is 17.6 Å². The second-order valence-corrected chi connectivity index (χ2v) is 11.1. The fourth-order valence-electron chi connectivity index (χ4n) is 3.12. The summed E-state index contributed by atoms with van der Waals surface area (Å²) in [5.41, 5.74) is 0.481. The Kier molecular flexibility index (Phi) is 5.18. The lowest BCUT2D eigenvalue weighted by atomic mass is 10.2. The third-order valence-electron chi connectivity index (χ3n) is 4.67. The van der Waals surface area contributed by atoms with Crippen LogP contribution in [0.1, 0.15) is 19.8 Å². The summed E-state index contributed by atoms with van der Waals surface area (Å²) in [5.74, 6) is -0.584. The number of anilines is 2. The summed E-state index contributed by atoms with van der Waals surface area (Å²) in [5, 5.41) is 0.229. The maximum atomic E-state index is 14.1. The quantitative estimate of drug-likeness (QED) is 0.686. The molecular formula is C19H18BrFN2O3S2. The van der Waals surface area contributed by atoms with Crippen LogP contribution in [0.2, 0.25) is 0 Å². The van der Waals surface area contributed by atoms with Crippen molar-refractivity contribution >= 4 is 55.0 Å². The second kappa shape index (κ2) is 7.35. The minimum Gasteiger partial charge on any atom is -0.310 e. The number of carbonyl (C=O) groups excluding carboxylic acids is 1. The molecule has 0 radical (unpaired) electrons. The van der Waals surface area contributed by atoms with Gasteiger partial charge in [0.15, 0.2) is 0 Å². The normalized spacial score (nSPS) is 19.2. The van der Waals surface area contributed by atoms with Gasteiger partial charge in [-0.3, -0.25) is 9.52 Å². The SMILES string of the molecule is C[C@H]1CN(C(=O)C2CC2)c2cc(S(=O)(=O)Nc3ccc(Br)cc3F)ccc2S1. The van der Waals surface area contributed by atoms with Crippen LogP contribution >= 0.6 is 27.7 Å². The number of hydrogen-bond donors (Lipinski definition) is 1. The predicted octanol–water partition coefficient (Wildman–Crippen LogP) is 4.63. The number of halogens is 2. The first-order valence-corrected chi connectivity index (χ1v) is 12.0. The van der Waals surface area contributed by atoms with Gasteiger partial charge < -0.3 is 4.90 Å². The summed E-state index contributed by atoms with van der Waals surface area (Å²) in [7, 11) is -4.00. The Bertz CT molecular complexity index is 1060. The molecule has 1 amide bonds. The Morgan fingerprint density at radius 2 is 2.00 bits per heavy atom. The number of amides is 1. The maximum absolute atomic E-state index is 14.1. The zero-order valence-corrected chi connectivity index (χ0v) is 18.2. The number of fused-ring (bicyclic) bond motifs is 1. The standard InChI is InChI=1S/C19H18BrFN2O3S2/c1-11-10-23(19(24)12-2-3-12)17-9-14(5-7-18(17)27-11)28(25,26)22-16-6-4-13(20)8-15(16)21/h4-9,11-12,22H,2-3,10H2,1H3/t11-/m0/s1. The van der Waals surface area contributed by atoms with Gasteiger partial charge in [-0.2, -0.15) is 0 Å². The molecule has 2 aromatic rings. The van der Waals surface area contributed by atoms with Crippen LogP contribution < -0.4 is 9.62 Å². The van der Waals surface area contributed by atoms with E-state index in [-0.39, 0.29) is 27.7 Å². The fraction of sp³-hybridized carbons (Fsp3) is 0.316. The maximum Gasteiger partial charge on any atom is 0.262 e. The number of carbonyl (C=O) groups is 1. The highest BCUT2D eigenvalue weighted by Crippen LogP contribution is 2.42. The number of sulfonamides is 1. The smallest absolute Gasteiger partial charge is 0.262 e. The average molecular weight is 485 g/mol. The van der Waals surface area contributed by atoms with E-state index in [1.165, 1.54) is 24.3 Å². The Morgan fingerprint density at radius 3 is 2.68 bits per heavy atom. The van der Waals surface area contributed by atoms with Crippen molar-refractivity contribution in [3.8, 4) is 0 Å². The first-order chi connectivity index (χ1) is 13.2. The number of nitrogens with one attached hydrogen (secondary N) is 1. The van der Waals surface area contributed by atoms with Crippen LogP contribution in [0.25, 0.3) is 0 Å². The average Bonchev–Trinajstić information content (AvgIpc) is 3.47. The molecule has 5 nitrogen and oxygen atoms in total. The number of benzene rings is 2. The Hall–Kier alpha value is -1.58. The minimum absolute atomic E-state index is 0.00248. The number of hydrogen-bond acceptors (Lipinski definition) is 4. The number of thioether (sulfide) groups is 1. The topological polar surface area (TPSA) is 66.5 Å². The molecule has 0 saturated heterocycles. The molecule has 2 aromatic carbocycles. The van der Waals surface area contributed by atoms with Crippen molar-refractivity contribution in [1.82, 2.24) is 0 Å². The van der Waals surface area contributed by atoms with Crippen LogP contribution in [-0.4, -0.2) is 26.1 Å². The van der Waals surface area contributed by atoms with E-state index in [0.717, 1.165) is 17.7 Å². The summed E-state index contributed by atoms with van der Waals surface area (Å²) in [6.45, 7) is 2.59. The molecular weight excluding hydrogens is 467 g/mol. The van der Waals surface area contributed by atoms with E-state index < -0.39 is 15.8 Å². The molecule has 2 aliphatic rings. The van der Waals surface area contributed by atoms with E-state index in [2.05, 4.69) is 20.7 Å². The van der Waals surface area contributed by atoms with E-state index in [9.17, 15) is 17.6 Å². The van der Waals surface area contributed by atoms with Crippen LogP contribution in [0.3, 0.4) is 0 Å². The van der Waals surface area contributed by atoms with Crippen LogP contribution in [0.15, 0.2) is 50.7 Å². The van der Waals surface area contributed by atoms with Crippen molar-refractivity contribution in [3.63, 3.8) is 0 Å². The van der Waals surface area contributed by atoms with Gasteiger partial charge in [0, 0.05) is 27.1 Å². The van der Waals surface area contributed by atoms with Crippen LogP contribution in [0.5, 0.6) is 0 Å². The molecule has 1 heterocycles. The van der Waals surface area contributed by atoms with E-state index in [1.54, 1.807) is 28.8 Å². The Balaban J connectivity index is 1.68. The molecule has 148 valence electrons. The molecule has 0 spiro atoms. The second-order valence-electron chi connectivity index (χ2n) is 7.01. The van der Waals surface area contributed by atoms with Gasteiger partial charge in [0.1, 0.15) is 5.82 Å². The van der Waals surface area contributed by atoms with Crippen molar-refractivity contribution in [1.29, 1.82) is 0 Å². The lowest BCUT2D eigenvalue weighted by molar-refractivity contribution is -0.119. The van der Waals surface area contributed by atoms with Gasteiger partial charge in [0.25, 0.3) is 10.0 Å². The summed E-state index contributed by atoms with van der Waals surface area (Å²) in [6, 6.07) is 8.82. The van der Waals surface area contributed by atoms with Crippen molar-refractivity contribution in [2.75, 3.05) is 16.2 Å². The highest BCUT2D eigenvalue weighted by Gasteiger charge is 2.37. The van der Waals surface area contributed by atoms with Gasteiger partial charge in [0.05, 0.1) is 16.3 Å². The zero-order valence-electron chi connectivity index (χ0n) is 15.0. The first kappa shape index (κ1) is 19.7. The number of rotatable bonds is 4. The van der Waals surface area contributed by atoms with Crippen LogP contribution in [-0.2, 0) is 14.8 Å². The van der Waals surface area contributed by atoms with E-state index >= 15 is 0 Å². The fourth-order valence-corrected chi connectivity index (χ4v) is 5.63. The first-order valence-electron chi connectivity index (χ1n) is 8.84. The molecule has 1 fully saturated rings. The summed E-state index contributed by atoms with van der Waals surface area (Å²) < 4.78 is 42.5. The molecule has 1 N–H and O–H groups in total.